The van der Waals surface area contributed by atoms with E-state index in [0.717, 1.165) is 21.2 Å². The summed E-state index contributed by atoms with van der Waals surface area (Å²) in [6.45, 7) is 3.85. The quantitative estimate of drug-likeness (QED) is 0.803. The lowest BCUT2D eigenvalue weighted by molar-refractivity contribution is -0.123. The summed E-state index contributed by atoms with van der Waals surface area (Å²) in [5, 5.41) is 13.7. The first-order chi connectivity index (χ1) is 10.4. The zero-order valence-electron chi connectivity index (χ0n) is 12.6. The number of hydrogen-bond donors (Lipinski definition) is 2. The van der Waals surface area contributed by atoms with Gasteiger partial charge in [-0.15, -0.1) is 0 Å². The van der Waals surface area contributed by atoms with E-state index >= 15 is 0 Å². The average molecular weight is 364 g/mol. The Morgan fingerprint density at radius 1 is 1.18 bits per heavy atom. The Balaban J connectivity index is 2.14. The lowest BCUT2D eigenvalue weighted by atomic mass is 9.79. The Morgan fingerprint density at radius 3 is 2.45 bits per heavy atom. The van der Waals surface area contributed by atoms with Gasteiger partial charge in [0.2, 0.25) is 0 Å². The molecule has 1 aromatic rings. The molecule has 2 N–H and O–H groups in total. The van der Waals surface area contributed by atoms with Gasteiger partial charge in [-0.05, 0) is 49.4 Å². The molecule has 1 amide bonds. The van der Waals surface area contributed by atoms with E-state index in [2.05, 4.69) is 21.2 Å². The first-order valence-corrected chi connectivity index (χ1v) is 8.19. The highest BCUT2D eigenvalue weighted by Crippen LogP contribution is 2.42. The Kier molecular flexibility index (Phi) is 3.63. The number of halogens is 1. The standard InChI is InChI=1S/C17H18BrNO3/c1-9-3-4-12(18)10(2)13(9)14-15(21)17(19-16(14)22)7-5-11(20)6-8-17/h3-4,21H,5-8H2,1-2H3,(H,19,22). The van der Waals surface area contributed by atoms with Crippen molar-refractivity contribution >= 4 is 33.2 Å². The molecule has 1 spiro atoms. The molecule has 0 radical (unpaired) electrons. The monoisotopic (exact) mass is 363 g/mol. The summed E-state index contributed by atoms with van der Waals surface area (Å²) in [5.41, 5.74) is 2.24. The summed E-state index contributed by atoms with van der Waals surface area (Å²) in [7, 11) is 0. The molecule has 1 aliphatic carbocycles. The zero-order chi connectivity index (χ0) is 16.1. The molecular formula is C17H18BrNO3. The molecular weight excluding hydrogens is 346 g/mol. The van der Waals surface area contributed by atoms with Gasteiger partial charge in [0.05, 0.1) is 11.1 Å². The Labute approximate surface area is 137 Å². The van der Waals surface area contributed by atoms with E-state index in [1.54, 1.807) is 0 Å². The Morgan fingerprint density at radius 2 is 1.82 bits per heavy atom. The van der Waals surface area contributed by atoms with Gasteiger partial charge in [0.25, 0.3) is 5.91 Å². The van der Waals surface area contributed by atoms with E-state index in [4.69, 9.17) is 0 Å². The first kappa shape index (κ1) is 15.3. The highest BCUT2D eigenvalue weighted by atomic mass is 79.9. The van der Waals surface area contributed by atoms with Crippen LogP contribution in [0.25, 0.3) is 5.57 Å². The van der Waals surface area contributed by atoms with Crippen LogP contribution in [0, 0.1) is 13.8 Å². The van der Waals surface area contributed by atoms with Crippen molar-refractivity contribution in [3.8, 4) is 0 Å². The summed E-state index contributed by atoms with van der Waals surface area (Å²) in [6.07, 6.45) is 1.74. The molecule has 2 aliphatic rings. The van der Waals surface area contributed by atoms with Crippen LogP contribution < -0.4 is 5.32 Å². The van der Waals surface area contributed by atoms with Crippen LogP contribution in [0.15, 0.2) is 22.4 Å². The summed E-state index contributed by atoms with van der Waals surface area (Å²) in [5.74, 6) is 0.0291. The first-order valence-electron chi connectivity index (χ1n) is 7.40. The lowest BCUT2D eigenvalue weighted by Crippen LogP contribution is -2.47. The van der Waals surface area contributed by atoms with Gasteiger partial charge < -0.3 is 10.4 Å². The predicted octanol–water partition coefficient (Wildman–Crippen LogP) is 3.35. The molecule has 1 fully saturated rings. The lowest BCUT2D eigenvalue weighted by Gasteiger charge is -2.32. The smallest absolute Gasteiger partial charge is 0.256 e. The van der Waals surface area contributed by atoms with Gasteiger partial charge in [0.1, 0.15) is 11.5 Å². The van der Waals surface area contributed by atoms with Crippen LogP contribution in [-0.2, 0) is 9.59 Å². The van der Waals surface area contributed by atoms with E-state index in [-0.39, 0.29) is 17.4 Å². The van der Waals surface area contributed by atoms with E-state index in [9.17, 15) is 14.7 Å². The molecule has 0 unspecified atom stereocenters. The van der Waals surface area contributed by atoms with Gasteiger partial charge in [-0.1, -0.05) is 22.0 Å². The third-order valence-corrected chi connectivity index (χ3v) is 5.65. The van der Waals surface area contributed by atoms with Gasteiger partial charge in [-0.25, -0.2) is 0 Å². The van der Waals surface area contributed by atoms with Crippen molar-refractivity contribution in [3.63, 3.8) is 0 Å². The summed E-state index contributed by atoms with van der Waals surface area (Å²) in [6, 6.07) is 3.86. The van der Waals surface area contributed by atoms with Gasteiger partial charge >= 0.3 is 0 Å². The number of nitrogens with one attached hydrogen (secondary N) is 1. The number of hydrogen-bond acceptors (Lipinski definition) is 3. The van der Waals surface area contributed by atoms with Gasteiger partial charge in [-0.2, -0.15) is 0 Å². The van der Waals surface area contributed by atoms with Crippen LogP contribution in [0.2, 0.25) is 0 Å². The van der Waals surface area contributed by atoms with Crippen LogP contribution >= 0.6 is 15.9 Å². The molecule has 1 heterocycles. The number of Topliss-reactive ketones (excluding diaryl/α,β-unsaturated/α-hetero) is 1. The molecule has 3 rings (SSSR count). The highest BCUT2D eigenvalue weighted by Gasteiger charge is 2.48. The van der Waals surface area contributed by atoms with Crippen LogP contribution in [-0.4, -0.2) is 22.3 Å². The second-order valence-electron chi connectivity index (χ2n) is 6.16. The van der Waals surface area contributed by atoms with E-state index in [1.165, 1.54) is 0 Å². The molecule has 1 saturated carbocycles. The van der Waals surface area contributed by atoms with Crippen molar-refractivity contribution in [1.82, 2.24) is 5.32 Å². The van der Waals surface area contributed by atoms with Gasteiger partial charge in [0.15, 0.2) is 0 Å². The zero-order valence-corrected chi connectivity index (χ0v) is 14.2. The normalized spacial score (nSPS) is 20.7. The Hall–Kier alpha value is -1.62. The third kappa shape index (κ3) is 2.19. The molecule has 0 atom stereocenters. The van der Waals surface area contributed by atoms with Crippen molar-refractivity contribution in [3.05, 3.63) is 39.1 Å². The molecule has 0 bridgehead atoms. The minimum Gasteiger partial charge on any atom is -0.509 e. The fourth-order valence-electron chi connectivity index (χ4n) is 3.44. The van der Waals surface area contributed by atoms with E-state index < -0.39 is 5.54 Å². The number of amides is 1. The molecule has 1 aromatic carbocycles. The number of benzene rings is 1. The average Bonchev–Trinajstić information content (AvgIpc) is 2.71. The highest BCUT2D eigenvalue weighted by molar-refractivity contribution is 9.10. The second kappa shape index (κ2) is 5.23. The molecule has 116 valence electrons. The molecule has 5 heteroatoms. The SMILES string of the molecule is Cc1ccc(Br)c(C)c1C1=C(O)C2(CCC(=O)CC2)NC1=O. The maximum atomic E-state index is 12.5. The van der Waals surface area contributed by atoms with E-state index in [1.807, 2.05) is 26.0 Å². The number of aryl methyl sites for hydroxylation is 1. The molecule has 0 saturated heterocycles. The summed E-state index contributed by atoms with van der Waals surface area (Å²) < 4.78 is 0.904. The maximum Gasteiger partial charge on any atom is 0.256 e. The summed E-state index contributed by atoms with van der Waals surface area (Å²) in [4.78, 5) is 24.0. The predicted molar refractivity (Wildman–Crippen MR) is 87.5 cm³/mol. The van der Waals surface area contributed by atoms with Crippen LogP contribution in [0.4, 0.5) is 0 Å². The number of aliphatic hydroxyl groups excluding tert-OH is 1. The number of rotatable bonds is 1. The molecule has 1 aliphatic heterocycles. The number of ketones is 1. The molecule has 4 nitrogen and oxygen atoms in total. The topological polar surface area (TPSA) is 66.4 Å². The Bertz CT molecular complexity index is 711. The number of carbonyl (C=O) groups excluding carboxylic acids is 2. The second-order valence-corrected chi connectivity index (χ2v) is 7.02. The van der Waals surface area contributed by atoms with Crippen molar-refractivity contribution in [2.75, 3.05) is 0 Å². The van der Waals surface area contributed by atoms with Crippen LogP contribution in [0.1, 0.15) is 42.4 Å². The van der Waals surface area contributed by atoms with Crippen molar-refractivity contribution in [2.45, 2.75) is 45.1 Å². The largest absolute Gasteiger partial charge is 0.509 e. The van der Waals surface area contributed by atoms with Crippen LogP contribution in [0.3, 0.4) is 0 Å². The van der Waals surface area contributed by atoms with Gasteiger partial charge in [-0.3, -0.25) is 9.59 Å². The minimum absolute atomic E-state index is 0.0919. The fraction of sp³-hybridized carbons (Fsp3) is 0.412. The van der Waals surface area contributed by atoms with Crippen molar-refractivity contribution in [2.24, 2.45) is 0 Å². The summed E-state index contributed by atoms with van der Waals surface area (Å²) >= 11 is 3.48. The number of carbonyl (C=O) groups is 2. The van der Waals surface area contributed by atoms with Gasteiger partial charge in [0, 0.05) is 17.3 Å². The minimum atomic E-state index is -0.762. The third-order valence-electron chi connectivity index (χ3n) is 4.79. The van der Waals surface area contributed by atoms with Crippen molar-refractivity contribution in [1.29, 1.82) is 0 Å². The van der Waals surface area contributed by atoms with Crippen LogP contribution in [0.5, 0.6) is 0 Å². The molecule has 0 aromatic heterocycles. The van der Waals surface area contributed by atoms with E-state index in [0.29, 0.717) is 31.3 Å². The fourth-order valence-corrected chi connectivity index (χ4v) is 3.77. The number of aliphatic hydroxyl groups is 1. The molecule has 22 heavy (non-hydrogen) atoms. The van der Waals surface area contributed by atoms with Crippen molar-refractivity contribution < 1.29 is 14.7 Å². The maximum absolute atomic E-state index is 12.5.